The van der Waals surface area contributed by atoms with E-state index in [4.69, 9.17) is 4.74 Å². The largest absolute Gasteiger partial charge is 0.494 e. The zero-order chi connectivity index (χ0) is 28.3. The summed E-state index contributed by atoms with van der Waals surface area (Å²) in [5.74, 6) is -0.347. The number of benzene rings is 4. The lowest BCUT2D eigenvalue weighted by Crippen LogP contribution is -2.30. The molecule has 0 atom stereocenters. The third-order valence-corrected chi connectivity index (χ3v) is 6.06. The maximum Gasteiger partial charge on any atom is 0.272 e. The van der Waals surface area contributed by atoms with Crippen LogP contribution in [-0.4, -0.2) is 24.2 Å². The number of anilines is 1. The highest BCUT2D eigenvalue weighted by Crippen LogP contribution is 2.17. The second kappa shape index (κ2) is 13.5. The molecule has 4 aromatic rings. The van der Waals surface area contributed by atoms with Gasteiger partial charge < -0.3 is 15.4 Å². The summed E-state index contributed by atoms with van der Waals surface area (Å²) in [5, 5.41) is 5.53. The zero-order valence-electron chi connectivity index (χ0n) is 22.4. The van der Waals surface area contributed by atoms with Crippen molar-refractivity contribution in [2.24, 2.45) is 0 Å². The van der Waals surface area contributed by atoms with Crippen molar-refractivity contribution in [2.75, 3.05) is 11.9 Å². The number of nitrogens with one attached hydrogen (secondary N) is 2. The van der Waals surface area contributed by atoms with Crippen LogP contribution < -0.4 is 15.4 Å². The molecule has 200 valence electrons. The van der Waals surface area contributed by atoms with Crippen molar-refractivity contribution in [3.05, 3.63) is 143 Å². The fourth-order valence-electron chi connectivity index (χ4n) is 3.89. The molecule has 0 aliphatic carbocycles. The zero-order valence-corrected chi connectivity index (χ0v) is 22.4. The van der Waals surface area contributed by atoms with Crippen LogP contribution in [0.5, 0.6) is 5.75 Å². The molecule has 0 aliphatic rings. The predicted octanol–water partition coefficient (Wildman–Crippen LogP) is 6.70. The van der Waals surface area contributed by atoms with Gasteiger partial charge in [-0.25, -0.2) is 0 Å². The van der Waals surface area contributed by atoms with Gasteiger partial charge in [-0.05, 0) is 91.2 Å². The first-order valence-electron chi connectivity index (χ1n) is 12.9. The number of hydrogen-bond donors (Lipinski definition) is 2. The molecule has 0 aromatic heterocycles. The van der Waals surface area contributed by atoms with Crippen molar-refractivity contribution in [1.29, 1.82) is 0 Å². The van der Waals surface area contributed by atoms with Crippen molar-refractivity contribution < 1.29 is 19.1 Å². The molecule has 40 heavy (non-hydrogen) atoms. The minimum atomic E-state index is -0.503. The van der Waals surface area contributed by atoms with E-state index in [1.54, 1.807) is 84.9 Å². The number of amides is 2. The van der Waals surface area contributed by atoms with Crippen molar-refractivity contribution in [1.82, 2.24) is 5.32 Å². The van der Waals surface area contributed by atoms with E-state index >= 15 is 0 Å². The lowest BCUT2D eigenvalue weighted by atomic mass is 10.1. The molecule has 2 amide bonds. The molecule has 0 saturated carbocycles. The Balaban J connectivity index is 1.50. The third-order valence-electron chi connectivity index (χ3n) is 6.06. The van der Waals surface area contributed by atoms with Crippen LogP contribution in [0.3, 0.4) is 0 Å². The second-order valence-corrected chi connectivity index (χ2v) is 8.97. The molecule has 0 fully saturated rings. The van der Waals surface area contributed by atoms with Crippen LogP contribution in [0.2, 0.25) is 0 Å². The van der Waals surface area contributed by atoms with Crippen LogP contribution in [0, 0.1) is 6.92 Å². The van der Waals surface area contributed by atoms with E-state index in [0.29, 0.717) is 34.7 Å². The van der Waals surface area contributed by atoms with E-state index in [1.165, 1.54) is 6.08 Å². The highest BCUT2D eigenvalue weighted by Gasteiger charge is 2.15. The SMILES string of the molecule is CCOc1ccc(/C=C(\NC(=O)c2ccccc2)C(=O)Nc2ccc(C(=O)/C=C/c3ccccc3C)cc2)cc1. The quantitative estimate of drug-likeness (QED) is 0.177. The minimum absolute atomic E-state index is 0.0688. The van der Waals surface area contributed by atoms with Crippen molar-refractivity contribution in [3.8, 4) is 5.75 Å². The first kappa shape index (κ1) is 27.8. The summed E-state index contributed by atoms with van der Waals surface area (Å²) in [6.45, 7) is 4.44. The number of carbonyl (C=O) groups excluding carboxylic acids is 3. The Morgan fingerprint density at radius 1 is 0.775 bits per heavy atom. The van der Waals surface area contributed by atoms with Gasteiger partial charge in [-0.2, -0.15) is 0 Å². The van der Waals surface area contributed by atoms with E-state index in [1.807, 2.05) is 44.2 Å². The number of carbonyl (C=O) groups is 3. The van der Waals surface area contributed by atoms with Crippen LogP contribution >= 0.6 is 0 Å². The number of allylic oxidation sites excluding steroid dienone is 1. The van der Waals surface area contributed by atoms with Gasteiger partial charge in [0.15, 0.2) is 5.78 Å². The fraction of sp³-hybridized carbons (Fsp3) is 0.0882. The molecule has 0 radical (unpaired) electrons. The van der Waals surface area contributed by atoms with Crippen molar-refractivity contribution in [2.45, 2.75) is 13.8 Å². The monoisotopic (exact) mass is 530 g/mol. The molecule has 6 heteroatoms. The Labute approximate surface area is 234 Å². The van der Waals surface area contributed by atoms with Crippen molar-refractivity contribution >= 4 is 35.4 Å². The van der Waals surface area contributed by atoms with Gasteiger partial charge in [-0.3, -0.25) is 14.4 Å². The highest BCUT2D eigenvalue weighted by molar-refractivity contribution is 6.11. The molecule has 0 unspecified atom stereocenters. The molecule has 0 aliphatic heterocycles. The molecule has 6 nitrogen and oxygen atoms in total. The first-order valence-corrected chi connectivity index (χ1v) is 12.9. The standard InChI is InChI=1S/C34H30N2O4/c1-3-40-30-20-13-25(14-21-30)23-31(36-33(38)28-11-5-4-6-12-28)34(39)35-29-18-15-27(16-19-29)32(37)22-17-26-10-8-7-9-24(26)2/h4-23H,3H2,1-2H3,(H,35,39)(H,36,38)/b22-17+,31-23-. The Bertz CT molecular complexity index is 1540. The summed E-state index contributed by atoms with van der Waals surface area (Å²) in [6.07, 6.45) is 4.92. The summed E-state index contributed by atoms with van der Waals surface area (Å²) in [5.41, 5.74) is 4.24. The van der Waals surface area contributed by atoms with Crippen LogP contribution in [-0.2, 0) is 4.79 Å². The second-order valence-electron chi connectivity index (χ2n) is 8.97. The van der Waals surface area contributed by atoms with Gasteiger partial charge in [0.1, 0.15) is 11.4 Å². The molecule has 4 aromatic carbocycles. The molecule has 0 heterocycles. The van der Waals surface area contributed by atoms with Gasteiger partial charge >= 0.3 is 0 Å². The van der Waals surface area contributed by atoms with Crippen LogP contribution in [0.4, 0.5) is 5.69 Å². The summed E-state index contributed by atoms with van der Waals surface area (Å²) in [6, 6.07) is 30.3. The van der Waals surface area contributed by atoms with Crippen molar-refractivity contribution in [3.63, 3.8) is 0 Å². The molecule has 2 N–H and O–H groups in total. The number of ether oxygens (including phenoxy) is 1. The summed E-state index contributed by atoms with van der Waals surface area (Å²) < 4.78 is 5.49. The molecular weight excluding hydrogens is 500 g/mol. The van der Waals surface area contributed by atoms with Gasteiger partial charge in [-0.1, -0.05) is 60.7 Å². The van der Waals surface area contributed by atoms with E-state index in [9.17, 15) is 14.4 Å². The third kappa shape index (κ3) is 7.65. The van der Waals surface area contributed by atoms with E-state index in [0.717, 1.165) is 11.1 Å². The minimum Gasteiger partial charge on any atom is -0.494 e. The summed E-state index contributed by atoms with van der Waals surface area (Å²) in [7, 11) is 0. The Morgan fingerprint density at radius 2 is 1.45 bits per heavy atom. The fourth-order valence-corrected chi connectivity index (χ4v) is 3.89. The number of aryl methyl sites for hydroxylation is 1. The van der Waals surface area contributed by atoms with Gasteiger partial charge in [0.25, 0.3) is 11.8 Å². The highest BCUT2D eigenvalue weighted by atomic mass is 16.5. The Hall–Kier alpha value is -5.23. The normalized spacial score (nSPS) is 11.2. The molecule has 0 bridgehead atoms. The van der Waals surface area contributed by atoms with Crippen LogP contribution in [0.1, 0.15) is 44.3 Å². The smallest absolute Gasteiger partial charge is 0.272 e. The average molecular weight is 531 g/mol. The summed E-state index contributed by atoms with van der Waals surface area (Å²) >= 11 is 0. The maximum absolute atomic E-state index is 13.3. The van der Waals surface area contributed by atoms with E-state index < -0.39 is 11.8 Å². The predicted molar refractivity (Wildman–Crippen MR) is 159 cm³/mol. The van der Waals surface area contributed by atoms with Crippen LogP contribution in [0.15, 0.2) is 115 Å². The van der Waals surface area contributed by atoms with Gasteiger partial charge in [0.05, 0.1) is 6.61 Å². The summed E-state index contributed by atoms with van der Waals surface area (Å²) in [4.78, 5) is 38.8. The maximum atomic E-state index is 13.3. The van der Waals surface area contributed by atoms with Gasteiger partial charge in [0, 0.05) is 16.8 Å². The number of ketones is 1. The molecule has 4 rings (SSSR count). The first-order chi connectivity index (χ1) is 19.4. The van der Waals surface area contributed by atoms with E-state index in [-0.39, 0.29) is 11.5 Å². The van der Waals surface area contributed by atoms with Crippen LogP contribution in [0.25, 0.3) is 12.2 Å². The topological polar surface area (TPSA) is 84.5 Å². The molecule has 0 saturated heterocycles. The number of hydrogen-bond acceptors (Lipinski definition) is 4. The van der Waals surface area contributed by atoms with Gasteiger partial charge in [0.2, 0.25) is 0 Å². The van der Waals surface area contributed by atoms with E-state index in [2.05, 4.69) is 10.6 Å². The Morgan fingerprint density at radius 3 is 2.12 bits per heavy atom. The number of rotatable bonds is 10. The Kier molecular flexibility index (Phi) is 9.40. The molecular formula is C34H30N2O4. The average Bonchev–Trinajstić information content (AvgIpc) is 2.98. The molecule has 0 spiro atoms. The lowest BCUT2D eigenvalue weighted by Gasteiger charge is -2.12. The van der Waals surface area contributed by atoms with Gasteiger partial charge in [-0.15, -0.1) is 0 Å². The lowest BCUT2D eigenvalue weighted by molar-refractivity contribution is -0.113.